The molecule has 0 radical (unpaired) electrons. The fraction of sp³-hybridized carbons (Fsp3) is 0.615. The number of aromatic nitrogens is 1. The molecule has 5 heteroatoms. The largest absolute Gasteiger partial charge is 0.472 e. The van der Waals surface area contributed by atoms with Crippen molar-refractivity contribution in [2.75, 3.05) is 19.5 Å². The summed E-state index contributed by atoms with van der Waals surface area (Å²) in [5, 5.41) is 9.13. The fourth-order valence-corrected chi connectivity index (χ4v) is 1.82. The molecule has 2 unspecified atom stereocenters. The van der Waals surface area contributed by atoms with Gasteiger partial charge in [0.25, 0.3) is 0 Å². The summed E-state index contributed by atoms with van der Waals surface area (Å²) < 4.78 is 12.7. The van der Waals surface area contributed by atoms with Crippen LogP contribution >= 0.6 is 0 Å². The Kier molecular flexibility index (Phi) is 5.05. The fourth-order valence-electron chi connectivity index (χ4n) is 1.82. The molecule has 2 N–H and O–H groups in total. The molecule has 0 bridgehead atoms. The lowest BCUT2D eigenvalue weighted by atomic mass is 10.2. The van der Waals surface area contributed by atoms with Crippen LogP contribution in [0, 0.1) is 11.3 Å². The van der Waals surface area contributed by atoms with Crippen molar-refractivity contribution in [3.8, 4) is 11.9 Å². The molecule has 1 rings (SSSR count). The Labute approximate surface area is 108 Å². The Balaban J connectivity index is 3.09. The van der Waals surface area contributed by atoms with Crippen LogP contribution < -0.4 is 10.5 Å². The SMILES string of the molecule is CCC(C)n1c(C#N)cc(N)c1OC(C)COC. The van der Waals surface area contributed by atoms with E-state index in [0.717, 1.165) is 6.42 Å². The van der Waals surface area contributed by atoms with Crippen molar-refractivity contribution < 1.29 is 9.47 Å². The molecule has 0 aliphatic heterocycles. The zero-order valence-electron chi connectivity index (χ0n) is 11.4. The lowest BCUT2D eigenvalue weighted by Gasteiger charge is -2.20. The van der Waals surface area contributed by atoms with Gasteiger partial charge in [0.2, 0.25) is 5.88 Å². The van der Waals surface area contributed by atoms with Crippen molar-refractivity contribution in [3.05, 3.63) is 11.8 Å². The van der Waals surface area contributed by atoms with Crippen LogP contribution in [0.25, 0.3) is 0 Å². The van der Waals surface area contributed by atoms with Gasteiger partial charge in [0.15, 0.2) is 0 Å². The van der Waals surface area contributed by atoms with Crippen LogP contribution in [0.1, 0.15) is 38.9 Å². The number of anilines is 1. The first-order chi connectivity index (χ1) is 8.54. The monoisotopic (exact) mass is 251 g/mol. The molecule has 1 heterocycles. The van der Waals surface area contributed by atoms with Crippen LogP contribution in [0.2, 0.25) is 0 Å². The van der Waals surface area contributed by atoms with Gasteiger partial charge in [-0.3, -0.25) is 4.57 Å². The minimum absolute atomic E-state index is 0.110. The molecule has 0 aliphatic carbocycles. The van der Waals surface area contributed by atoms with Gasteiger partial charge >= 0.3 is 0 Å². The van der Waals surface area contributed by atoms with Gasteiger partial charge in [-0.05, 0) is 20.3 Å². The van der Waals surface area contributed by atoms with E-state index in [0.29, 0.717) is 23.9 Å². The van der Waals surface area contributed by atoms with E-state index >= 15 is 0 Å². The molecule has 0 aromatic carbocycles. The molecule has 0 amide bonds. The van der Waals surface area contributed by atoms with Gasteiger partial charge in [0.1, 0.15) is 17.9 Å². The second-order valence-corrected chi connectivity index (χ2v) is 4.41. The molecule has 1 aromatic rings. The zero-order chi connectivity index (χ0) is 13.7. The molecule has 0 saturated carbocycles. The second-order valence-electron chi connectivity index (χ2n) is 4.41. The maximum atomic E-state index is 9.13. The van der Waals surface area contributed by atoms with Crippen molar-refractivity contribution in [2.45, 2.75) is 39.3 Å². The molecule has 2 atom stereocenters. The summed E-state index contributed by atoms with van der Waals surface area (Å²) in [6, 6.07) is 3.97. The quantitative estimate of drug-likeness (QED) is 0.842. The minimum Gasteiger partial charge on any atom is -0.472 e. The summed E-state index contributed by atoms with van der Waals surface area (Å²) in [6.45, 7) is 6.48. The molecule has 0 fully saturated rings. The predicted octanol–water partition coefficient (Wildman–Crippen LogP) is 2.33. The Morgan fingerprint density at radius 3 is 2.67 bits per heavy atom. The molecule has 0 spiro atoms. The van der Waals surface area contributed by atoms with E-state index < -0.39 is 0 Å². The highest BCUT2D eigenvalue weighted by molar-refractivity contribution is 5.55. The van der Waals surface area contributed by atoms with Crippen molar-refractivity contribution in [1.29, 1.82) is 5.26 Å². The number of methoxy groups -OCH3 is 1. The topological polar surface area (TPSA) is 73.2 Å². The summed E-state index contributed by atoms with van der Waals surface area (Å²) in [4.78, 5) is 0. The van der Waals surface area contributed by atoms with Crippen LogP contribution in [-0.2, 0) is 4.74 Å². The molecular weight excluding hydrogens is 230 g/mol. The number of nitrogens with zero attached hydrogens (tertiary/aromatic N) is 2. The lowest BCUT2D eigenvalue weighted by Crippen LogP contribution is -2.21. The Morgan fingerprint density at radius 2 is 2.17 bits per heavy atom. The Bertz CT molecular complexity index is 434. The summed E-state index contributed by atoms with van der Waals surface area (Å²) in [7, 11) is 1.62. The first-order valence-electron chi connectivity index (χ1n) is 6.11. The number of ether oxygens (including phenoxy) is 2. The van der Waals surface area contributed by atoms with E-state index in [1.54, 1.807) is 13.2 Å². The molecule has 1 aromatic heterocycles. The van der Waals surface area contributed by atoms with E-state index in [1.165, 1.54) is 0 Å². The van der Waals surface area contributed by atoms with Crippen LogP contribution in [0.15, 0.2) is 6.07 Å². The third kappa shape index (κ3) is 2.96. The maximum Gasteiger partial charge on any atom is 0.219 e. The number of nitrogens with two attached hydrogens (primary N) is 1. The summed E-state index contributed by atoms with van der Waals surface area (Å²) in [5.74, 6) is 0.561. The van der Waals surface area contributed by atoms with E-state index in [2.05, 4.69) is 13.0 Å². The molecule has 18 heavy (non-hydrogen) atoms. The van der Waals surface area contributed by atoms with Gasteiger partial charge in [0.05, 0.1) is 12.3 Å². The first-order valence-corrected chi connectivity index (χ1v) is 6.11. The van der Waals surface area contributed by atoms with E-state index in [-0.39, 0.29) is 12.1 Å². The second kappa shape index (κ2) is 6.31. The predicted molar refractivity (Wildman–Crippen MR) is 70.5 cm³/mol. The lowest BCUT2D eigenvalue weighted by molar-refractivity contribution is 0.0855. The first kappa shape index (κ1) is 14.4. The van der Waals surface area contributed by atoms with Gasteiger partial charge in [-0.15, -0.1) is 0 Å². The minimum atomic E-state index is -0.110. The average molecular weight is 251 g/mol. The third-order valence-corrected chi connectivity index (χ3v) is 2.88. The third-order valence-electron chi connectivity index (χ3n) is 2.88. The zero-order valence-corrected chi connectivity index (χ0v) is 11.4. The number of hydrogen-bond donors (Lipinski definition) is 1. The Hall–Kier alpha value is -1.67. The normalized spacial score (nSPS) is 13.9. The van der Waals surface area contributed by atoms with Gasteiger partial charge in [0, 0.05) is 19.2 Å². The maximum absolute atomic E-state index is 9.13. The number of nitrogen functional groups attached to an aromatic ring is 1. The van der Waals surface area contributed by atoms with Crippen molar-refractivity contribution >= 4 is 5.69 Å². The Morgan fingerprint density at radius 1 is 1.50 bits per heavy atom. The van der Waals surface area contributed by atoms with Crippen LogP contribution in [0.5, 0.6) is 5.88 Å². The highest BCUT2D eigenvalue weighted by Gasteiger charge is 2.20. The van der Waals surface area contributed by atoms with E-state index in [1.807, 2.05) is 18.4 Å². The van der Waals surface area contributed by atoms with Crippen molar-refractivity contribution in [2.24, 2.45) is 0 Å². The number of hydrogen-bond acceptors (Lipinski definition) is 4. The standard InChI is InChI=1S/C13H21N3O2/c1-5-9(2)16-11(7-14)6-12(15)13(16)18-10(3)8-17-4/h6,9-10H,5,8,15H2,1-4H3. The van der Waals surface area contributed by atoms with Crippen LogP contribution in [-0.4, -0.2) is 24.4 Å². The molecule has 100 valence electrons. The van der Waals surface area contributed by atoms with Crippen LogP contribution in [0.3, 0.4) is 0 Å². The molecular formula is C13H21N3O2. The van der Waals surface area contributed by atoms with Gasteiger partial charge in [-0.2, -0.15) is 5.26 Å². The highest BCUT2D eigenvalue weighted by Crippen LogP contribution is 2.32. The van der Waals surface area contributed by atoms with Crippen molar-refractivity contribution in [1.82, 2.24) is 4.57 Å². The van der Waals surface area contributed by atoms with E-state index in [9.17, 15) is 0 Å². The smallest absolute Gasteiger partial charge is 0.219 e. The van der Waals surface area contributed by atoms with Gasteiger partial charge in [-0.25, -0.2) is 0 Å². The summed E-state index contributed by atoms with van der Waals surface area (Å²) in [6.07, 6.45) is 0.791. The average Bonchev–Trinajstić information content (AvgIpc) is 2.65. The van der Waals surface area contributed by atoms with Gasteiger partial charge < -0.3 is 15.2 Å². The summed E-state index contributed by atoms with van der Waals surface area (Å²) >= 11 is 0. The molecule has 5 nitrogen and oxygen atoms in total. The highest BCUT2D eigenvalue weighted by atomic mass is 16.5. The molecule has 0 aliphatic rings. The van der Waals surface area contributed by atoms with Crippen LogP contribution in [0.4, 0.5) is 5.69 Å². The number of nitriles is 1. The van der Waals surface area contributed by atoms with Crippen molar-refractivity contribution in [3.63, 3.8) is 0 Å². The molecule has 0 saturated heterocycles. The number of rotatable bonds is 6. The van der Waals surface area contributed by atoms with E-state index in [4.69, 9.17) is 20.5 Å². The van der Waals surface area contributed by atoms with Gasteiger partial charge in [-0.1, -0.05) is 6.92 Å². The summed E-state index contributed by atoms with van der Waals surface area (Å²) in [5.41, 5.74) is 6.94.